The van der Waals surface area contributed by atoms with Gasteiger partial charge in [0.25, 0.3) is 0 Å². The third-order valence-electron chi connectivity index (χ3n) is 4.94. The molecule has 0 bridgehead atoms. The number of amides is 3. The minimum absolute atomic E-state index is 0.107. The maximum absolute atomic E-state index is 12.4. The molecule has 3 amide bonds. The fraction of sp³-hybridized carbons (Fsp3) is 0.364. The molecule has 28 heavy (non-hydrogen) atoms. The van der Waals surface area contributed by atoms with E-state index in [-0.39, 0.29) is 11.9 Å². The topological polar surface area (TPSA) is 52.7 Å². The summed E-state index contributed by atoms with van der Waals surface area (Å²) in [5, 5.41) is 2.95. The maximum Gasteiger partial charge on any atom is 0.317 e. The number of urea groups is 1. The second kappa shape index (κ2) is 9.64. The van der Waals surface area contributed by atoms with Gasteiger partial charge in [-0.1, -0.05) is 24.3 Å². The van der Waals surface area contributed by atoms with E-state index in [9.17, 15) is 9.59 Å². The van der Waals surface area contributed by atoms with Crippen LogP contribution in [0, 0.1) is 0 Å². The molecule has 0 spiro atoms. The molecule has 0 atom stereocenters. The summed E-state index contributed by atoms with van der Waals surface area (Å²) < 4.78 is 0. The van der Waals surface area contributed by atoms with Gasteiger partial charge in [0.1, 0.15) is 0 Å². The number of rotatable bonds is 6. The smallest absolute Gasteiger partial charge is 0.317 e. The fourth-order valence-electron chi connectivity index (χ4n) is 3.26. The Labute approximate surface area is 171 Å². The van der Waals surface area contributed by atoms with Crippen LogP contribution in [0.5, 0.6) is 0 Å². The summed E-state index contributed by atoms with van der Waals surface area (Å²) in [4.78, 5) is 29.1. The Bertz CT molecular complexity index is 806. The van der Waals surface area contributed by atoms with Crippen molar-refractivity contribution < 1.29 is 9.59 Å². The summed E-state index contributed by atoms with van der Waals surface area (Å²) in [6, 6.07) is 16.0. The number of nitrogens with zero attached hydrogens (tertiary/aromatic N) is 2. The monoisotopic (exact) mass is 397 g/mol. The van der Waals surface area contributed by atoms with Crippen molar-refractivity contribution in [2.45, 2.75) is 37.2 Å². The zero-order chi connectivity index (χ0) is 19.9. The van der Waals surface area contributed by atoms with Gasteiger partial charge in [-0.2, -0.15) is 0 Å². The molecule has 1 fully saturated rings. The zero-order valence-corrected chi connectivity index (χ0v) is 17.3. The SMILES string of the molecule is CSc1ccc(CN(C)C(=O)NCc2ccc(N3CCCCC3=O)cc2)cc1. The number of hydrogen-bond acceptors (Lipinski definition) is 3. The van der Waals surface area contributed by atoms with Crippen molar-refractivity contribution >= 4 is 29.4 Å². The lowest BCUT2D eigenvalue weighted by Crippen LogP contribution is -2.36. The summed E-state index contributed by atoms with van der Waals surface area (Å²) in [5.41, 5.74) is 3.05. The second-order valence-electron chi connectivity index (χ2n) is 7.03. The van der Waals surface area contributed by atoms with Crippen LogP contribution in [-0.4, -0.2) is 36.7 Å². The maximum atomic E-state index is 12.4. The van der Waals surface area contributed by atoms with Crippen molar-refractivity contribution in [3.63, 3.8) is 0 Å². The summed E-state index contributed by atoms with van der Waals surface area (Å²) in [7, 11) is 1.79. The molecule has 5 nitrogen and oxygen atoms in total. The largest absolute Gasteiger partial charge is 0.334 e. The molecule has 6 heteroatoms. The summed E-state index contributed by atoms with van der Waals surface area (Å²) in [5.74, 6) is 0.194. The zero-order valence-electron chi connectivity index (χ0n) is 16.5. The quantitative estimate of drug-likeness (QED) is 0.741. The first-order valence-corrected chi connectivity index (χ1v) is 10.8. The van der Waals surface area contributed by atoms with E-state index in [1.54, 1.807) is 23.7 Å². The lowest BCUT2D eigenvalue weighted by atomic mass is 10.1. The van der Waals surface area contributed by atoms with Gasteiger partial charge in [-0.15, -0.1) is 11.8 Å². The molecule has 1 aliphatic heterocycles. The van der Waals surface area contributed by atoms with Crippen LogP contribution < -0.4 is 10.2 Å². The van der Waals surface area contributed by atoms with E-state index in [2.05, 4.69) is 29.6 Å². The molecule has 148 valence electrons. The van der Waals surface area contributed by atoms with Crippen molar-refractivity contribution in [2.24, 2.45) is 0 Å². The van der Waals surface area contributed by atoms with Gasteiger partial charge in [0, 0.05) is 43.7 Å². The average molecular weight is 398 g/mol. The lowest BCUT2D eigenvalue weighted by molar-refractivity contribution is -0.119. The molecule has 2 aromatic rings. The molecule has 1 saturated heterocycles. The molecule has 3 rings (SSSR count). The number of piperidine rings is 1. The van der Waals surface area contributed by atoms with Crippen LogP contribution >= 0.6 is 11.8 Å². The predicted octanol–water partition coefficient (Wildman–Crippen LogP) is 4.27. The number of nitrogens with one attached hydrogen (secondary N) is 1. The van der Waals surface area contributed by atoms with Crippen LogP contribution in [0.3, 0.4) is 0 Å². The van der Waals surface area contributed by atoms with Gasteiger partial charge in [0.2, 0.25) is 5.91 Å². The first-order chi connectivity index (χ1) is 13.6. The van der Waals surface area contributed by atoms with E-state index >= 15 is 0 Å². The highest BCUT2D eigenvalue weighted by molar-refractivity contribution is 7.98. The summed E-state index contributed by atoms with van der Waals surface area (Å²) in [6.07, 6.45) is 4.71. The molecule has 1 N–H and O–H groups in total. The van der Waals surface area contributed by atoms with Gasteiger partial charge >= 0.3 is 6.03 Å². The molecule has 1 heterocycles. The van der Waals surface area contributed by atoms with Crippen LogP contribution in [0.15, 0.2) is 53.4 Å². The number of hydrogen-bond donors (Lipinski definition) is 1. The van der Waals surface area contributed by atoms with Gasteiger partial charge in [0.05, 0.1) is 0 Å². The molecule has 0 radical (unpaired) electrons. The van der Waals surface area contributed by atoms with Gasteiger partial charge in [-0.3, -0.25) is 4.79 Å². The van der Waals surface area contributed by atoms with E-state index in [0.717, 1.165) is 36.2 Å². The molecule has 2 aromatic carbocycles. The average Bonchev–Trinajstić information content (AvgIpc) is 2.73. The van der Waals surface area contributed by atoms with Crippen LogP contribution in [0.4, 0.5) is 10.5 Å². The summed E-state index contributed by atoms with van der Waals surface area (Å²) in [6.45, 7) is 1.82. The Hall–Kier alpha value is -2.47. The first kappa shape index (κ1) is 20.3. The van der Waals surface area contributed by atoms with Gasteiger partial charge in [-0.05, 0) is 54.5 Å². The Balaban J connectivity index is 1.50. The van der Waals surface area contributed by atoms with Crippen LogP contribution in [0.25, 0.3) is 0 Å². The molecule has 0 aromatic heterocycles. The van der Waals surface area contributed by atoms with E-state index in [1.165, 1.54) is 4.90 Å². The molecule has 0 aliphatic carbocycles. The Kier molecular flexibility index (Phi) is 6.98. The number of carbonyl (C=O) groups is 2. The van der Waals surface area contributed by atoms with Crippen molar-refractivity contribution in [1.29, 1.82) is 0 Å². The Morgan fingerprint density at radius 3 is 2.39 bits per heavy atom. The van der Waals surface area contributed by atoms with E-state index < -0.39 is 0 Å². The Morgan fingerprint density at radius 2 is 1.75 bits per heavy atom. The number of thioether (sulfide) groups is 1. The van der Waals surface area contributed by atoms with E-state index in [1.807, 2.05) is 35.4 Å². The summed E-state index contributed by atoms with van der Waals surface area (Å²) >= 11 is 1.70. The molecule has 0 unspecified atom stereocenters. The fourth-order valence-corrected chi connectivity index (χ4v) is 3.67. The van der Waals surface area contributed by atoms with Crippen LogP contribution in [-0.2, 0) is 17.9 Å². The van der Waals surface area contributed by atoms with Crippen molar-refractivity contribution in [1.82, 2.24) is 10.2 Å². The molecule has 1 aliphatic rings. The van der Waals surface area contributed by atoms with Gasteiger partial charge in [-0.25, -0.2) is 4.79 Å². The standard InChI is InChI=1S/C22H27N3O2S/c1-24(16-18-8-12-20(28-2)13-9-18)22(27)23-15-17-6-10-19(11-7-17)25-14-4-3-5-21(25)26/h6-13H,3-5,14-16H2,1-2H3,(H,23,27). The minimum atomic E-state index is -0.107. The highest BCUT2D eigenvalue weighted by Crippen LogP contribution is 2.21. The van der Waals surface area contributed by atoms with Crippen molar-refractivity contribution in [2.75, 3.05) is 24.7 Å². The van der Waals surface area contributed by atoms with E-state index in [0.29, 0.717) is 19.5 Å². The van der Waals surface area contributed by atoms with Crippen molar-refractivity contribution in [3.05, 3.63) is 59.7 Å². The number of anilines is 1. The molecular weight excluding hydrogens is 370 g/mol. The third-order valence-corrected chi connectivity index (χ3v) is 5.68. The highest BCUT2D eigenvalue weighted by atomic mass is 32.2. The van der Waals surface area contributed by atoms with Crippen molar-refractivity contribution in [3.8, 4) is 0 Å². The van der Waals surface area contributed by atoms with Gasteiger partial charge < -0.3 is 15.1 Å². The third kappa shape index (κ3) is 5.29. The molecular formula is C22H27N3O2S. The predicted molar refractivity (Wildman–Crippen MR) is 115 cm³/mol. The number of benzene rings is 2. The second-order valence-corrected chi connectivity index (χ2v) is 7.91. The normalized spacial score (nSPS) is 14.1. The first-order valence-electron chi connectivity index (χ1n) is 9.58. The van der Waals surface area contributed by atoms with Gasteiger partial charge in [0.15, 0.2) is 0 Å². The number of carbonyl (C=O) groups excluding carboxylic acids is 2. The van der Waals surface area contributed by atoms with Crippen LogP contribution in [0.1, 0.15) is 30.4 Å². The Morgan fingerprint density at radius 1 is 1.07 bits per heavy atom. The molecule has 0 saturated carbocycles. The lowest BCUT2D eigenvalue weighted by Gasteiger charge is -2.27. The van der Waals surface area contributed by atoms with Crippen LogP contribution in [0.2, 0.25) is 0 Å². The van der Waals surface area contributed by atoms with E-state index in [4.69, 9.17) is 0 Å². The highest BCUT2D eigenvalue weighted by Gasteiger charge is 2.19. The minimum Gasteiger partial charge on any atom is -0.334 e.